The van der Waals surface area contributed by atoms with Crippen LogP contribution in [0.25, 0.3) is 0 Å². The minimum Gasteiger partial charge on any atom is -0.342 e. The Morgan fingerprint density at radius 3 is 2.87 bits per heavy atom. The molecule has 3 rings (SSSR count). The monoisotopic (exact) mass is 314 g/mol. The first-order valence-corrected chi connectivity index (χ1v) is 8.85. The van der Waals surface area contributed by atoms with Gasteiger partial charge < -0.3 is 9.80 Å². The molecule has 1 saturated heterocycles. The van der Waals surface area contributed by atoms with E-state index < -0.39 is 0 Å². The summed E-state index contributed by atoms with van der Waals surface area (Å²) in [5.74, 6) is 0.388. The van der Waals surface area contributed by atoms with Crippen LogP contribution in [0.5, 0.6) is 0 Å². The molecular weight excluding hydrogens is 288 g/mol. The van der Waals surface area contributed by atoms with Crippen LogP contribution < -0.4 is 0 Å². The van der Waals surface area contributed by atoms with E-state index in [1.54, 1.807) is 0 Å². The zero-order chi connectivity index (χ0) is 16.2. The van der Waals surface area contributed by atoms with Gasteiger partial charge in [-0.3, -0.25) is 9.59 Å². The molecule has 0 radical (unpaired) electrons. The highest BCUT2D eigenvalue weighted by molar-refractivity contribution is 5.80. The minimum atomic E-state index is 0.188. The maximum atomic E-state index is 12.8. The van der Waals surface area contributed by atoms with Gasteiger partial charge in [0.25, 0.3) is 0 Å². The summed E-state index contributed by atoms with van der Waals surface area (Å²) in [7, 11) is 0. The molecule has 2 amide bonds. The molecule has 4 heteroatoms. The van der Waals surface area contributed by atoms with Crippen LogP contribution in [0.1, 0.15) is 56.2 Å². The zero-order valence-corrected chi connectivity index (χ0v) is 14.0. The van der Waals surface area contributed by atoms with Crippen molar-refractivity contribution in [1.82, 2.24) is 9.80 Å². The van der Waals surface area contributed by atoms with E-state index in [0.29, 0.717) is 19.4 Å². The molecule has 1 aliphatic carbocycles. The molecule has 1 atom stereocenters. The van der Waals surface area contributed by atoms with Crippen LogP contribution in [-0.2, 0) is 16.0 Å². The third kappa shape index (κ3) is 3.41. The summed E-state index contributed by atoms with van der Waals surface area (Å²) in [6.07, 6.45) is 5.06. The fourth-order valence-electron chi connectivity index (χ4n) is 3.87. The lowest BCUT2D eigenvalue weighted by atomic mass is 10.1. The van der Waals surface area contributed by atoms with Gasteiger partial charge in [-0.1, -0.05) is 31.2 Å². The molecule has 1 aromatic rings. The van der Waals surface area contributed by atoms with Gasteiger partial charge in [0.05, 0.1) is 6.04 Å². The van der Waals surface area contributed by atoms with Crippen LogP contribution in [-0.4, -0.2) is 41.2 Å². The molecule has 23 heavy (non-hydrogen) atoms. The van der Waals surface area contributed by atoms with E-state index in [9.17, 15) is 9.59 Å². The molecule has 124 valence electrons. The van der Waals surface area contributed by atoms with Crippen molar-refractivity contribution in [3.05, 3.63) is 35.4 Å². The molecule has 2 aliphatic rings. The Kier molecular flexibility index (Phi) is 4.99. The summed E-state index contributed by atoms with van der Waals surface area (Å²) in [5, 5.41) is 0. The zero-order valence-electron chi connectivity index (χ0n) is 14.0. The van der Waals surface area contributed by atoms with Crippen LogP contribution in [0, 0.1) is 0 Å². The quantitative estimate of drug-likeness (QED) is 0.810. The molecule has 1 heterocycles. The Morgan fingerprint density at radius 2 is 2.13 bits per heavy atom. The summed E-state index contributed by atoms with van der Waals surface area (Å²) >= 11 is 0. The van der Waals surface area contributed by atoms with E-state index in [2.05, 4.69) is 31.2 Å². The Bertz CT molecular complexity index is 584. The van der Waals surface area contributed by atoms with E-state index in [-0.39, 0.29) is 17.9 Å². The molecule has 4 nitrogen and oxygen atoms in total. The highest BCUT2D eigenvalue weighted by Crippen LogP contribution is 2.36. The predicted molar refractivity (Wildman–Crippen MR) is 89.9 cm³/mol. The van der Waals surface area contributed by atoms with Gasteiger partial charge in [0, 0.05) is 32.5 Å². The molecule has 1 fully saturated rings. The van der Waals surface area contributed by atoms with Crippen molar-refractivity contribution in [2.24, 2.45) is 0 Å². The second kappa shape index (κ2) is 7.16. The number of hydrogen-bond donors (Lipinski definition) is 0. The summed E-state index contributed by atoms with van der Waals surface area (Å²) < 4.78 is 0. The van der Waals surface area contributed by atoms with Crippen molar-refractivity contribution >= 4 is 11.8 Å². The Hall–Kier alpha value is -1.84. The normalized spacial score (nSPS) is 20.0. The lowest BCUT2D eigenvalue weighted by molar-refractivity contribution is -0.135. The number of fused-ring (bicyclic) bond motifs is 1. The van der Waals surface area contributed by atoms with Crippen LogP contribution >= 0.6 is 0 Å². The number of rotatable bonds is 6. The van der Waals surface area contributed by atoms with Gasteiger partial charge >= 0.3 is 0 Å². The van der Waals surface area contributed by atoms with Crippen molar-refractivity contribution in [2.45, 2.75) is 51.5 Å². The third-order valence-corrected chi connectivity index (χ3v) is 5.03. The number of likely N-dealkylation sites (tertiary alicyclic amines) is 1. The first-order valence-electron chi connectivity index (χ1n) is 8.85. The second-order valence-corrected chi connectivity index (χ2v) is 6.57. The molecule has 0 spiro atoms. The first kappa shape index (κ1) is 16.0. The number of nitrogens with zero attached hydrogens (tertiary/aromatic N) is 2. The van der Waals surface area contributed by atoms with Gasteiger partial charge in [-0.2, -0.15) is 0 Å². The van der Waals surface area contributed by atoms with Crippen molar-refractivity contribution in [2.75, 3.05) is 19.6 Å². The standard InChI is InChI=1S/C19H26N2O2/c1-2-12-21(17-10-9-15-6-3-4-7-16(15)17)19(23)11-14-20-13-5-8-18(20)22/h3-4,6-7,17H,2,5,8-14H2,1H3/t17-/m1/s1. The number of benzene rings is 1. The van der Waals surface area contributed by atoms with Crippen LogP contribution in [0.2, 0.25) is 0 Å². The Morgan fingerprint density at radius 1 is 1.30 bits per heavy atom. The van der Waals surface area contributed by atoms with Gasteiger partial charge in [0.2, 0.25) is 11.8 Å². The lowest BCUT2D eigenvalue weighted by Crippen LogP contribution is -2.37. The number of carbonyl (C=O) groups is 2. The molecule has 0 aromatic heterocycles. The third-order valence-electron chi connectivity index (χ3n) is 5.03. The maximum absolute atomic E-state index is 12.8. The number of amides is 2. The van der Waals surface area contributed by atoms with Gasteiger partial charge in [0.1, 0.15) is 0 Å². The number of aryl methyl sites for hydroxylation is 1. The van der Waals surface area contributed by atoms with Gasteiger partial charge in [-0.05, 0) is 36.8 Å². The molecule has 1 aliphatic heterocycles. The maximum Gasteiger partial charge on any atom is 0.224 e. The van der Waals surface area contributed by atoms with Crippen LogP contribution in [0.15, 0.2) is 24.3 Å². The van der Waals surface area contributed by atoms with Crippen molar-refractivity contribution in [3.63, 3.8) is 0 Å². The lowest BCUT2D eigenvalue weighted by Gasteiger charge is -2.30. The highest BCUT2D eigenvalue weighted by Gasteiger charge is 2.30. The highest BCUT2D eigenvalue weighted by atomic mass is 16.2. The second-order valence-electron chi connectivity index (χ2n) is 6.57. The molecule has 0 unspecified atom stereocenters. The molecule has 0 saturated carbocycles. The fraction of sp³-hybridized carbons (Fsp3) is 0.579. The van der Waals surface area contributed by atoms with Crippen molar-refractivity contribution < 1.29 is 9.59 Å². The number of carbonyl (C=O) groups excluding carboxylic acids is 2. The van der Waals surface area contributed by atoms with Gasteiger partial charge in [-0.25, -0.2) is 0 Å². The van der Waals surface area contributed by atoms with E-state index >= 15 is 0 Å². The average molecular weight is 314 g/mol. The first-order chi connectivity index (χ1) is 11.2. The molecule has 0 bridgehead atoms. The van der Waals surface area contributed by atoms with Gasteiger partial charge in [-0.15, -0.1) is 0 Å². The van der Waals surface area contributed by atoms with Gasteiger partial charge in [0.15, 0.2) is 0 Å². The summed E-state index contributed by atoms with van der Waals surface area (Å²) in [6.45, 7) is 4.30. The van der Waals surface area contributed by atoms with Crippen molar-refractivity contribution in [3.8, 4) is 0 Å². The van der Waals surface area contributed by atoms with Crippen LogP contribution in [0.4, 0.5) is 0 Å². The summed E-state index contributed by atoms with van der Waals surface area (Å²) in [4.78, 5) is 28.4. The average Bonchev–Trinajstić information content (AvgIpc) is 3.16. The Labute approximate surface area is 138 Å². The molecular formula is C19H26N2O2. The van der Waals surface area contributed by atoms with E-state index in [1.807, 2.05) is 9.80 Å². The van der Waals surface area contributed by atoms with E-state index in [4.69, 9.17) is 0 Å². The topological polar surface area (TPSA) is 40.6 Å². The van der Waals surface area contributed by atoms with Crippen molar-refractivity contribution in [1.29, 1.82) is 0 Å². The van der Waals surface area contributed by atoms with E-state index in [1.165, 1.54) is 11.1 Å². The summed E-state index contributed by atoms with van der Waals surface area (Å²) in [5.41, 5.74) is 2.69. The minimum absolute atomic E-state index is 0.188. The van der Waals surface area contributed by atoms with Crippen LogP contribution in [0.3, 0.4) is 0 Å². The molecule has 0 N–H and O–H groups in total. The fourth-order valence-corrected chi connectivity index (χ4v) is 3.87. The van der Waals surface area contributed by atoms with E-state index in [0.717, 1.165) is 38.8 Å². The number of hydrogen-bond acceptors (Lipinski definition) is 2. The summed E-state index contributed by atoms with van der Waals surface area (Å²) in [6, 6.07) is 8.69. The molecule has 1 aromatic carbocycles. The largest absolute Gasteiger partial charge is 0.342 e. The smallest absolute Gasteiger partial charge is 0.224 e. The SMILES string of the molecule is CCCN(C(=O)CCN1CCCC1=O)[C@@H]1CCc2ccccc21. The predicted octanol–water partition coefficient (Wildman–Crippen LogP) is 2.93. The Balaban J connectivity index is 1.66.